The van der Waals surface area contributed by atoms with Crippen LogP contribution < -0.4 is 0 Å². The first-order valence-electron chi connectivity index (χ1n) is 5.35. The molecule has 0 amide bonds. The van der Waals surface area contributed by atoms with E-state index in [0.29, 0.717) is 16.7 Å². The Labute approximate surface area is 104 Å². The van der Waals surface area contributed by atoms with E-state index in [1.54, 1.807) is 6.07 Å². The van der Waals surface area contributed by atoms with E-state index in [-0.39, 0.29) is 10.4 Å². The molecule has 1 atom stereocenters. The summed E-state index contributed by atoms with van der Waals surface area (Å²) in [6.45, 7) is 5.69. The number of aliphatic hydroxyl groups is 1. The first kappa shape index (κ1) is 12.4. The molecule has 1 heterocycles. The molecule has 0 saturated carbocycles. The monoisotopic (exact) mass is 256 g/mol. The van der Waals surface area contributed by atoms with Gasteiger partial charge >= 0.3 is 0 Å². The maximum absolute atomic E-state index is 13.2. The second kappa shape index (κ2) is 4.00. The van der Waals surface area contributed by atoms with Gasteiger partial charge in [-0.3, -0.25) is 0 Å². The molecule has 2 nitrogen and oxygen atoms in total. The number of halogens is 2. The van der Waals surface area contributed by atoms with E-state index in [0.717, 1.165) is 0 Å². The number of hydrogen-bond acceptors (Lipinski definition) is 2. The van der Waals surface area contributed by atoms with E-state index in [4.69, 9.17) is 16.0 Å². The van der Waals surface area contributed by atoms with Crippen molar-refractivity contribution in [2.45, 2.75) is 26.9 Å². The molecule has 0 aliphatic heterocycles. The summed E-state index contributed by atoms with van der Waals surface area (Å²) in [7, 11) is 0. The van der Waals surface area contributed by atoms with Crippen LogP contribution in [0.3, 0.4) is 0 Å². The normalized spacial score (nSPS) is 14.2. The van der Waals surface area contributed by atoms with Crippen molar-refractivity contribution in [2.24, 2.45) is 5.41 Å². The van der Waals surface area contributed by atoms with E-state index in [9.17, 15) is 9.50 Å². The molecule has 92 valence electrons. The second-order valence-electron chi connectivity index (χ2n) is 5.22. The molecule has 0 bridgehead atoms. The summed E-state index contributed by atoms with van der Waals surface area (Å²) in [6, 6.07) is 4.16. The lowest BCUT2D eigenvalue weighted by Gasteiger charge is -2.23. The number of aliphatic hydroxyl groups excluding tert-OH is 1. The highest BCUT2D eigenvalue weighted by atomic mass is 35.5. The van der Waals surface area contributed by atoms with Crippen LogP contribution >= 0.6 is 11.6 Å². The van der Waals surface area contributed by atoms with Gasteiger partial charge in [0.15, 0.2) is 5.58 Å². The van der Waals surface area contributed by atoms with Gasteiger partial charge in [-0.15, -0.1) is 0 Å². The van der Waals surface area contributed by atoms with Crippen LogP contribution in [0.1, 0.15) is 32.6 Å². The van der Waals surface area contributed by atoms with Crippen molar-refractivity contribution >= 4 is 22.6 Å². The molecule has 1 unspecified atom stereocenters. The second-order valence-corrected chi connectivity index (χ2v) is 5.63. The van der Waals surface area contributed by atoms with Gasteiger partial charge in [0.05, 0.1) is 5.02 Å². The molecule has 1 aromatic carbocycles. The van der Waals surface area contributed by atoms with Crippen molar-refractivity contribution in [3.05, 3.63) is 34.8 Å². The number of benzene rings is 1. The molecule has 0 saturated heterocycles. The first-order chi connectivity index (χ1) is 7.79. The lowest BCUT2D eigenvalue weighted by molar-refractivity contribution is 0.0448. The standard InChI is InChI=1S/C13H14ClFO2/c1-13(2,3)12(16)10-5-7-4-8(15)6-9(14)11(7)17-10/h4-6,12,16H,1-3H3. The van der Waals surface area contributed by atoms with Gasteiger partial charge in [0.1, 0.15) is 17.7 Å². The van der Waals surface area contributed by atoms with Crippen molar-refractivity contribution in [1.29, 1.82) is 0 Å². The largest absolute Gasteiger partial charge is 0.457 e. The zero-order chi connectivity index (χ0) is 12.8. The number of hydrogen-bond donors (Lipinski definition) is 1. The quantitative estimate of drug-likeness (QED) is 0.825. The van der Waals surface area contributed by atoms with Crippen LogP contribution in [-0.2, 0) is 0 Å². The smallest absolute Gasteiger partial charge is 0.153 e. The van der Waals surface area contributed by atoms with Gasteiger partial charge in [-0.05, 0) is 23.6 Å². The van der Waals surface area contributed by atoms with E-state index >= 15 is 0 Å². The topological polar surface area (TPSA) is 33.4 Å². The van der Waals surface area contributed by atoms with Crippen molar-refractivity contribution in [3.8, 4) is 0 Å². The van der Waals surface area contributed by atoms with E-state index < -0.39 is 11.9 Å². The van der Waals surface area contributed by atoms with Crippen LogP contribution in [-0.4, -0.2) is 5.11 Å². The molecule has 0 aliphatic carbocycles. The van der Waals surface area contributed by atoms with Gasteiger partial charge in [0, 0.05) is 5.39 Å². The number of furan rings is 1. The van der Waals surface area contributed by atoms with Crippen LogP contribution in [0.5, 0.6) is 0 Å². The molecule has 17 heavy (non-hydrogen) atoms. The Balaban J connectivity index is 2.56. The maximum Gasteiger partial charge on any atom is 0.153 e. The Morgan fingerprint density at radius 3 is 2.53 bits per heavy atom. The fourth-order valence-corrected chi connectivity index (χ4v) is 1.91. The van der Waals surface area contributed by atoms with Crippen LogP contribution in [0.25, 0.3) is 11.0 Å². The van der Waals surface area contributed by atoms with Gasteiger partial charge < -0.3 is 9.52 Å². The minimum absolute atomic E-state index is 0.215. The van der Waals surface area contributed by atoms with Crippen molar-refractivity contribution in [2.75, 3.05) is 0 Å². The van der Waals surface area contributed by atoms with Crippen molar-refractivity contribution in [3.63, 3.8) is 0 Å². The molecule has 0 aliphatic rings. The molecule has 0 fully saturated rings. The molecule has 2 rings (SSSR count). The fourth-order valence-electron chi connectivity index (χ4n) is 1.66. The average molecular weight is 257 g/mol. The molecule has 1 N–H and O–H groups in total. The summed E-state index contributed by atoms with van der Waals surface area (Å²) in [6.07, 6.45) is -0.756. The molecule has 0 spiro atoms. The maximum atomic E-state index is 13.2. The lowest BCUT2D eigenvalue weighted by Crippen LogP contribution is -2.16. The van der Waals surface area contributed by atoms with Gasteiger partial charge in [-0.1, -0.05) is 32.4 Å². The predicted octanol–water partition coefficient (Wildman–Crippen LogP) is 4.30. The minimum atomic E-state index is -0.756. The van der Waals surface area contributed by atoms with Gasteiger partial charge in [-0.25, -0.2) is 4.39 Å². The highest BCUT2D eigenvalue weighted by molar-refractivity contribution is 6.34. The molecule has 0 radical (unpaired) electrons. The number of fused-ring (bicyclic) bond motifs is 1. The molecule has 2 aromatic rings. The third-order valence-corrected chi connectivity index (χ3v) is 2.93. The molecule has 4 heteroatoms. The third-order valence-electron chi connectivity index (χ3n) is 2.64. The summed E-state index contributed by atoms with van der Waals surface area (Å²) < 4.78 is 18.6. The molecule has 1 aromatic heterocycles. The lowest BCUT2D eigenvalue weighted by atomic mass is 9.88. The zero-order valence-corrected chi connectivity index (χ0v) is 10.7. The highest BCUT2D eigenvalue weighted by Gasteiger charge is 2.27. The van der Waals surface area contributed by atoms with E-state index in [2.05, 4.69) is 0 Å². The Morgan fingerprint density at radius 2 is 1.94 bits per heavy atom. The van der Waals surface area contributed by atoms with Crippen LogP contribution in [0.15, 0.2) is 22.6 Å². The molecular weight excluding hydrogens is 243 g/mol. The summed E-state index contributed by atoms with van der Waals surface area (Å²) in [5, 5.41) is 10.9. The Kier molecular flexibility index (Phi) is 2.92. The van der Waals surface area contributed by atoms with E-state index in [1.165, 1.54) is 12.1 Å². The van der Waals surface area contributed by atoms with Crippen molar-refractivity contribution < 1.29 is 13.9 Å². The van der Waals surface area contributed by atoms with Gasteiger partial charge in [-0.2, -0.15) is 0 Å². The SMILES string of the molecule is CC(C)(C)C(O)c1cc2cc(F)cc(Cl)c2o1. The Hall–Kier alpha value is -1.06. The average Bonchev–Trinajstić information content (AvgIpc) is 2.58. The Bertz CT molecular complexity index is 554. The highest BCUT2D eigenvalue weighted by Crippen LogP contribution is 2.37. The Morgan fingerprint density at radius 1 is 1.29 bits per heavy atom. The van der Waals surface area contributed by atoms with Gasteiger partial charge in [0.2, 0.25) is 0 Å². The first-order valence-corrected chi connectivity index (χ1v) is 5.73. The fraction of sp³-hybridized carbons (Fsp3) is 0.385. The summed E-state index contributed by atoms with van der Waals surface area (Å²) >= 11 is 5.88. The summed E-state index contributed by atoms with van der Waals surface area (Å²) in [5.41, 5.74) is 0.0604. The summed E-state index contributed by atoms with van der Waals surface area (Å²) in [5.74, 6) is -0.0138. The predicted molar refractivity (Wildman–Crippen MR) is 65.6 cm³/mol. The van der Waals surface area contributed by atoms with Crippen LogP contribution in [0, 0.1) is 11.2 Å². The van der Waals surface area contributed by atoms with E-state index in [1.807, 2.05) is 20.8 Å². The zero-order valence-electron chi connectivity index (χ0n) is 9.92. The molecular formula is C13H14ClFO2. The third kappa shape index (κ3) is 2.31. The van der Waals surface area contributed by atoms with Crippen LogP contribution in [0.4, 0.5) is 4.39 Å². The summed E-state index contributed by atoms with van der Waals surface area (Å²) in [4.78, 5) is 0. The van der Waals surface area contributed by atoms with Gasteiger partial charge in [0.25, 0.3) is 0 Å². The van der Waals surface area contributed by atoms with Crippen LogP contribution in [0.2, 0.25) is 5.02 Å². The minimum Gasteiger partial charge on any atom is -0.457 e. The number of rotatable bonds is 1. The van der Waals surface area contributed by atoms with Crippen molar-refractivity contribution in [1.82, 2.24) is 0 Å².